The van der Waals surface area contributed by atoms with Crippen LogP contribution in [0.25, 0.3) is 0 Å². The molecule has 2 amide bonds. The van der Waals surface area contributed by atoms with E-state index in [1.807, 2.05) is 0 Å². The highest BCUT2D eigenvalue weighted by molar-refractivity contribution is 6.34. The van der Waals surface area contributed by atoms with Crippen LogP contribution >= 0.6 is 0 Å². The van der Waals surface area contributed by atoms with E-state index in [1.54, 1.807) is 0 Å². The molecule has 0 unspecified atom stereocenters. The number of hydrogen-bond acceptors (Lipinski definition) is 5. The van der Waals surface area contributed by atoms with Gasteiger partial charge in [-0.05, 0) is 32.2 Å². The number of unbranched alkanes of at least 4 members (excludes halogenated alkanes) is 1. The van der Waals surface area contributed by atoms with Crippen LogP contribution in [0.4, 0.5) is 4.79 Å². The van der Waals surface area contributed by atoms with Gasteiger partial charge in [0.05, 0.1) is 0 Å². The largest absolute Gasteiger partial charge is 0.481 e. The maximum absolute atomic E-state index is 12.0. The van der Waals surface area contributed by atoms with Crippen LogP contribution in [0.15, 0.2) is 0 Å². The molecular formula is C20H35BN3O7. The van der Waals surface area contributed by atoms with Gasteiger partial charge >= 0.3 is 23.9 Å². The first-order valence-corrected chi connectivity index (χ1v) is 11.1. The van der Waals surface area contributed by atoms with Crippen molar-refractivity contribution in [3.05, 3.63) is 0 Å². The third-order valence-electron chi connectivity index (χ3n) is 5.42. The average Bonchev–Trinajstić information content (AvgIpc) is 2.67. The molecule has 175 valence electrons. The SMILES string of the molecule is O=C(O)CC[C@H](NC(=O)N[C@H](CCCCN[B]C1CCCCCCC1)C(=O)O)C(=O)O. The summed E-state index contributed by atoms with van der Waals surface area (Å²) in [5.41, 5.74) is 0. The standard InChI is InChI=1S/C20H35BN3O7/c25-17(26)12-11-16(19(29)30)24-20(31)23-15(18(27)28)10-6-7-13-22-21-14-8-4-2-1-3-5-9-14/h14-16,22H,1-13H2,(H,25,26)(H,27,28)(H,29,30)(H2,23,24,31)/t15-,16+/m1/s1. The van der Waals surface area contributed by atoms with E-state index in [-0.39, 0.29) is 12.8 Å². The molecule has 11 heteroatoms. The number of carbonyl (C=O) groups excluding carboxylic acids is 1. The van der Waals surface area contributed by atoms with Gasteiger partial charge in [0.2, 0.25) is 7.41 Å². The van der Waals surface area contributed by atoms with Crippen LogP contribution in [0, 0.1) is 0 Å². The van der Waals surface area contributed by atoms with Crippen molar-refractivity contribution in [3.63, 3.8) is 0 Å². The highest BCUT2D eigenvalue weighted by Gasteiger charge is 2.24. The summed E-state index contributed by atoms with van der Waals surface area (Å²) in [6.45, 7) is 0.727. The molecular weight excluding hydrogens is 405 g/mol. The van der Waals surface area contributed by atoms with Gasteiger partial charge in [0, 0.05) is 6.42 Å². The number of carboxylic acid groups (broad SMARTS) is 3. The molecule has 6 N–H and O–H groups in total. The Morgan fingerprint density at radius 2 is 1.35 bits per heavy atom. The number of aliphatic carboxylic acids is 3. The van der Waals surface area contributed by atoms with E-state index in [2.05, 4.69) is 23.3 Å². The van der Waals surface area contributed by atoms with Crippen molar-refractivity contribution in [1.82, 2.24) is 15.9 Å². The highest BCUT2D eigenvalue weighted by Crippen LogP contribution is 2.25. The molecule has 0 bridgehead atoms. The first-order valence-electron chi connectivity index (χ1n) is 11.1. The zero-order valence-corrected chi connectivity index (χ0v) is 18.0. The number of nitrogens with one attached hydrogen (secondary N) is 3. The molecule has 0 saturated heterocycles. The predicted molar refractivity (Wildman–Crippen MR) is 115 cm³/mol. The first kappa shape index (κ1) is 26.7. The summed E-state index contributed by atoms with van der Waals surface area (Å²) in [6, 6.07) is -3.50. The molecule has 1 fully saturated rings. The molecule has 1 aliphatic rings. The Morgan fingerprint density at radius 1 is 0.806 bits per heavy atom. The predicted octanol–water partition coefficient (Wildman–Crippen LogP) is 1.97. The molecule has 0 heterocycles. The lowest BCUT2D eigenvalue weighted by Crippen LogP contribution is -2.51. The van der Waals surface area contributed by atoms with Gasteiger partial charge in [0.25, 0.3) is 0 Å². The van der Waals surface area contributed by atoms with Crippen LogP contribution in [0.5, 0.6) is 0 Å². The van der Waals surface area contributed by atoms with Gasteiger partial charge in [-0.15, -0.1) is 0 Å². The highest BCUT2D eigenvalue weighted by atomic mass is 16.4. The molecule has 1 radical (unpaired) electrons. The van der Waals surface area contributed by atoms with Crippen LogP contribution in [-0.4, -0.2) is 65.3 Å². The first-order chi connectivity index (χ1) is 14.8. The Bertz CT molecular complexity index is 583. The molecule has 2 atom stereocenters. The second kappa shape index (κ2) is 15.5. The Hall–Kier alpha value is -2.30. The minimum atomic E-state index is -1.40. The average molecular weight is 440 g/mol. The van der Waals surface area contributed by atoms with Gasteiger partial charge in [0.15, 0.2) is 0 Å². The van der Waals surface area contributed by atoms with Gasteiger partial charge < -0.3 is 31.2 Å². The summed E-state index contributed by atoms with van der Waals surface area (Å²) < 4.78 is 0. The second-order valence-corrected chi connectivity index (χ2v) is 8.05. The molecule has 31 heavy (non-hydrogen) atoms. The topological polar surface area (TPSA) is 165 Å². The third-order valence-corrected chi connectivity index (χ3v) is 5.42. The summed E-state index contributed by atoms with van der Waals surface area (Å²) in [5, 5.41) is 34.7. The third kappa shape index (κ3) is 12.9. The molecule has 0 aromatic heterocycles. The molecule has 0 aromatic rings. The van der Waals surface area contributed by atoms with E-state index in [1.165, 1.54) is 44.9 Å². The number of rotatable bonds is 14. The zero-order valence-electron chi connectivity index (χ0n) is 18.0. The Kier molecular flexibility index (Phi) is 13.4. The molecule has 0 spiro atoms. The van der Waals surface area contributed by atoms with Crippen LogP contribution in [0.2, 0.25) is 5.82 Å². The molecule has 10 nitrogen and oxygen atoms in total. The number of carboxylic acids is 3. The fraction of sp³-hybridized carbons (Fsp3) is 0.800. The van der Waals surface area contributed by atoms with Crippen LogP contribution in [0.3, 0.4) is 0 Å². The van der Waals surface area contributed by atoms with Gasteiger partial charge in [-0.25, -0.2) is 14.4 Å². The van der Waals surface area contributed by atoms with Crippen molar-refractivity contribution in [3.8, 4) is 0 Å². The van der Waals surface area contributed by atoms with Crippen LogP contribution in [-0.2, 0) is 14.4 Å². The van der Waals surface area contributed by atoms with E-state index in [0.29, 0.717) is 12.2 Å². The summed E-state index contributed by atoms with van der Waals surface area (Å²) in [7, 11) is 2.16. The van der Waals surface area contributed by atoms with Crippen molar-refractivity contribution in [2.24, 2.45) is 0 Å². The lowest BCUT2D eigenvalue weighted by Gasteiger charge is -2.19. The van der Waals surface area contributed by atoms with Crippen molar-refractivity contribution >= 4 is 31.4 Å². The fourth-order valence-corrected chi connectivity index (χ4v) is 3.62. The molecule has 1 saturated carbocycles. The number of amides is 2. The number of urea groups is 1. The van der Waals surface area contributed by atoms with E-state index in [0.717, 1.165) is 13.0 Å². The zero-order chi connectivity index (χ0) is 23.1. The van der Waals surface area contributed by atoms with Crippen LogP contribution < -0.4 is 15.9 Å². The van der Waals surface area contributed by atoms with Gasteiger partial charge in [-0.1, -0.05) is 50.8 Å². The smallest absolute Gasteiger partial charge is 0.326 e. The van der Waals surface area contributed by atoms with Gasteiger partial charge in [0.1, 0.15) is 12.1 Å². The minimum absolute atomic E-state index is 0.209. The number of hydrogen-bond donors (Lipinski definition) is 6. The summed E-state index contributed by atoms with van der Waals surface area (Å²) in [5.74, 6) is -3.19. The Balaban J connectivity index is 2.28. The van der Waals surface area contributed by atoms with E-state index >= 15 is 0 Å². The molecule has 1 aliphatic carbocycles. The number of carbonyl (C=O) groups is 4. The van der Waals surface area contributed by atoms with Crippen LogP contribution in [0.1, 0.15) is 77.0 Å². The Morgan fingerprint density at radius 3 is 1.90 bits per heavy atom. The summed E-state index contributed by atoms with van der Waals surface area (Å²) in [4.78, 5) is 45.1. The maximum Gasteiger partial charge on any atom is 0.326 e. The molecule has 1 rings (SSSR count). The Labute approximate surface area is 183 Å². The summed E-state index contributed by atoms with van der Waals surface area (Å²) >= 11 is 0. The van der Waals surface area contributed by atoms with Crippen molar-refractivity contribution < 1.29 is 34.5 Å². The minimum Gasteiger partial charge on any atom is -0.481 e. The van der Waals surface area contributed by atoms with Crippen molar-refractivity contribution in [2.75, 3.05) is 6.54 Å². The van der Waals surface area contributed by atoms with E-state index in [9.17, 15) is 24.3 Å². The molecule has 0 aromatic carbocycles. The van der Waals surface area contributed by atoms with E-state index in [4.69, 9.17) is 10.2 Å². The maximum atomic E-state index is 12.0. The van der Waals surface area contributed by atoms with Gasteiger partial charge in [-0.3, -0.25) is 4.79 Å². The lowest BCUT2D eigenvalue weighted by atomic mass is 9.69. The molecule has 0 aliphatic heterocycles. The van der Waals surface area contributed by atoms with E-state index < -0.39 is 42.4 Å². The monoisotopic (exact) mass is 440 g/mol. The van der Waals surface area contributed by atoms with Crippen molar-refractivity contribution in [1.29, 1.82) is 0 Å². The normalized spacial score (nSPS) is 16.9. The summed E-state index contributed by atoms with van der Waals surface area (Å²) in [6.07, 6.45) is 9.67. The lowest BCUT2D eigenvalue weighted by molar-refractivity contribution is -0.140. The fourth-order valence-electron chi connectivity index (χ4n) is 3.62. The van der Waals surface area contributed by atoms with Gasteiger partial charge in [-0.2, -0.15) is 0 Å². The quantitative estimate of drug-likeness (QED) is 0.176. The second-order valence-electron chi connectivity index (χ2n) is 8.05. The van der Waals surface area contributed by atoms with Crippen molar-refractivity contribution in [2.45, 2.75) is 95.0 Å².